The summed E-state index contributed by atoms with van der Waals surface area (Å²) in [5, 5.41) is 2.99. The second kappa shape index (κ2) is 5.31. The standard InChI is InChI=1S/C16H19NO2/c1-10-5-6-14(9-11(10)2)12(3)17-16(18)15-7-8-19-13(15)4/h5-9,12H,1-4H3,(H,17,18)/t12-/m1/s1. The minimum absolute atomic E-state index is 0.0268. The quantitative estimate of drug-likeness (QED) is 0.911. The Balaban J connectivity index is 2.13. The van der Waals surface area contributed by atoms with Gasteiger partial charge in [-0.3, -0.25) is 4.79 Å². The summed E-state index contributed by atoms with van der Waals surface area (Å²) < 4.78 is 5.15. The number of benzene rings is 1. The number of rotatable bonds is 3. The van der Waals surface area contributed by atoms with Crippen molar-refractivity contribution < 1.29 is 9.21 Å². The van der Waals surface area contributed by atoms with E-state index in [1.807, 2.05) is 6.92 Å². The van der Waals surface area contributed by atoms with Crippen LogP contribution in [0.4, 0.5) is 0 Å². The largest absolute Gasteiger partial charge is 0.469 e. The molecule has 3 nitrogen and oxygen atoms in total. The van der Waals surface area contributed by atoms with E-state index in [4.69, 9.17) is 4.42 Å². The van der Waals surface area contributed by atoms with Gasteiger partial charge in [-0.1, -0.05) is 18.2 Å². The third-order valence-electron chi connectivity index (χ3n) is 3.48. The molecule has 1 aromatic heterocycles. The van der Waals surface area contributed by atoms with Crippen molar-refractivity contribution in [2.24, 2.45) is 0 Å². The average molecular weight is 257 g/mol. The van der Waals surface area contributed by atoms with Gasteiger partial charge < -0.3 is 9.73 Å². The maximum atomic E-state index is 12.1. The SMILES string of the molecule is Cc1ccc([C@@H](C)NC(=O)c2ccoc2C)cc1C. The van der Waals surface area contributed by atoms with Gasteiger partial charge >= 0.3 is 0 Å². The lowest BCUT2D eigenvalue weighted by atomic mass is 10.0. The van der Waals surface area contributed by atoms with Crippen molar-refractivity contribution in [3.05, 3.63) is 58.5 Å². The van der Waals surface area contributed by atoms with Crippen LogP contribution in [-0.4, -0.2) is 5.91 Å². The highest BCUT2D eigenvalue weighted by molar-refractivity contribution is 5.95. The van der Waals surface area contributed by atoms with E-state index in [0.717, 1.165) is 5.56 Å². The van der Waals surface area contributed by atoms with E-state index in [-0.39, 0.29) is 11.9 Å². The summed E-state index contributed by atoms with van der Waals surface area (Å²) in [4.78, 5) is 12.1. The van der Waals surface area contributed by atoms with E-state index in [1.165, 1.54) is 17.4 Å². The van der Waals surface area contributed by atoms with Crippen LogP contribution in [0, 0.1) is 20.8 Å². The normalized spacial score (nSPS) is 12.2. The molecule has 1 amide bonds. The molecule has 2 rings (SSSR count). The van der Waals surface area contributed by atoms with Crippen molar-refractivity contribution in [2.45, 2.75) is 33.7 Å². The number of carbonyl (C=O) groups is 1. The Kier molecular flexibility index (Phi) is 3.74. The summed E-state index contributed by atoms with van der Waals surface area (Å²) in [5.74, 6) is 0.543. The minimum Gasteiger partial charge on any atom is -0.469 e. The molecule has 0 fully saturated rings. The summed E-state index contributed by atoms with van der Waals surface area (Å²) in [6.07, 6.45) is 1.53. The third-order valence-corrected chi connectivity index (χ3v) is 3.48. The number of amides is 1. The first-order chi connectivity index (χ1) is 8.99. The van der Waals surface area contributed by atoms with Gasteiger partial charge in [0.25, 0.3) is 5.91 Å². The molecule has 19 heavy (non-hydrogen) atoms. The van der Waals surface area contributed by atoms with Gasteiger partial charge in [-0.15, -0.1) is 0 Å². The van der Waals surface area contributed by atoms with Crippen molar-refractivity contribution >= 4 is 5.91 Å². The van der Waals surface area contributed by atoms with Gasteiger partial charge in [-0.25, -0.2) is 0 Å². The second-order valence-corrected chi connectivity index (χ2v) is 4.93. The summed E-state index contributed by atoms with van der Waals surface area (Å²) in [5.41, 5.74) is 4.19. The van der Waals surface area contributed by atoms with E-state index in [2.05, 4.69) is 37.4 Å². The van der Waals surface area contributed by atoms with E-state index in [0.29, 0.717) is 11.3 Å². The Morgan fingerprint density at radius 3 is 2.47 bits per heavy atom. The molecule has 1 aromatic carbocycles. The zero-order valence-corrected chi connectivity index (χ0v) is 11.8. The van der Waals surface area contributed by atoms with Crippen LogP contribution >= 0.6 is 0 Å². The summed E-state index contributed by atoms with van der Waals surface area (Å²) >= 11 is 0. The Bertz CT molecular complexity index is 599. The van der Waals surface area contributed by atoms with Crippen LogP contribution in [-0.2, 0) is 0 Å². The zero-order valence-electron chi connectivity index (χ0n) is 11.8. The first-order valence-corrected chi connectivity index (χ1v) is 6.41. The van der Waals surface area contributed by atoms with Crippen LogP contribution < -0.4 is 5.32 Å². The molecular formula is C16H19NO2. The molecule has 0 aliphatic rings. The summed E-state index contributed by atoms with van der Waals surface area (Å²) in [7, 11) is 0. The van der Waals surface area contributed by atoms with E-state index >= 15 is 0 Å². The Hall–Kier alpha value is -2.03. The van der Waals surface area contributed by atoms with Crippen LogP contribution in [0.2, 0.25) is 0 Å². The van der Waals surface area contributed by atoms with E-state index < -0.39 is 0 Å². The molecule has 1 heterocycles. The minimum atomic E-state index is -0.100. The number of hydrogen-bond donors (Lipinski definition) is 1. The van der Waals surface area contributed by atoms with Crippen molar-refractivity contribution in [3.8, 4) is 0 Å². The van der Waals surface area contributed by atoms with Gasteiger partial charge in [0.15, 0.2) is 0 Å². The maximum absolute atomic E-state index is 12.1. The smallest absolute Gasteiger partial charge is 0.255 e. The number of furan rings is 1. The van der Waals surface area contributed by atoms with E-state index in [1.54, 1.807) is 13.0 Å². The van der Waals surface area contributed by atoms with Crippen LogP contribution in [0.25, 0.3) is 0 Å². The molecule has 0 saturated heterocycles. The maximum Gasteiger partial charge on any atom is 0.255 e. The van der Waals surface area contributed by atoms with Crippen LogP contribution in [0.3, 0.4) is 0 Å². The number of nitrogens with one attached hydrogen (secondary N) is 1. The molecule has 0 bridgehead atoms. The van der Waals surface area contributed by atoms with Crippen LogP contribution in [0.5, 0.6) is 0 Å². The highest BCUT2D eigenvalue weighted by atomic mass is 16.3. The fourth-order valence-corrected chi connectivity index (χ4v) is 2.01. The lowest BCUT2D eigenvalue weighted by Gasteiger charge is -2.15. The molecule has 0 aliphatic heterocycles. The molecule has 0 aliphatic carbocycles. The van der Waals surface area contributed by atoms with E-state index in [9.17, 15) is 4.79 Å². The number of carbonyl (C=O) groups excluding carboxylic acids is 1. The first kappa shape index (κ1) is 13.4. The molecule has 0 saturated carbocycles. The zero-order chi connectivity index (χ0) is 14.0. The molecule has 0 unspecified atom stereocenters. The monoisotopic (exact) mass is 257 g/mol. The fourth-order valence-electron chi connectivity index (χ4n) is 2.01. The molecule has 2 aromatic rings. The highest BCUT2D eigenvalue weighted by Crippen LogP contribution is 2.18. The Morgan fingerprint density at radius 2 is 1.89 bits per heavy atom. The first-order valence-electron chi connectivity index (χ1n) is 6.41. The lowest BCUT2D eigenvalue weighted by molar-refractivity contribution is 0.0938. The molecule has 100 valence electrons. The molecular weight excluding hydrogens is 238 g/mol. The predicted molar refractivity (Wildman–Crippen MR) is 75.2 cm³/mol. The van der Waals surface area contributed by atoms with Gasteiger partial charge in [0.05, 0.1) is 17.9 Å². The van der Waals surface area contributed by atoms with Gasteiger partial charge in [-0.2, -0.15) is 0 Å². The van der Waals surface area contributed by atoms with Crippen molar-refractivity contribution in [3.63, 3.8) is 0 Å². The van der Waals surface area contributed by atoms with Crippen molar-refractivity contribution in [1.29, 1.82) is 0 Å². The molecule has 1 N–H and O–H groups in total. The van der Waals surface area contributed by atoms with Crippen molar-refractivity contribution in [1.82, 2.24) is 5.32 Å². The van der Waals surface area contributed by atoms with Crippen LogP contribution in [0.15, 0.2) is 34.9 Å². The number of hydrogen-bond acceptors (Lipinski definition) is 2. The topological polar surface area (TPSA) is 42.2 Å². The average Bonchev–Trinajstić information content (AvgIpc) is 2.79. The van der Waals surface area contributed by atoms with Gasteiger partial charge in [0, 0.05) is 0 Å². The summed E-state index contributed by atoms with van der Waals surface area (Å²) in [6.45, 7) is 7.93. The lowest BCUT2D eigenvalue weighted by Crippen LogP contribution is -2.26. The fraction of sp³-hybridized carbons (Fsp3) is 0.312. The van der Waals surface area contributed by atoms with Gasteiger partial charge in [0.1, 0.15) is 5.76 Å². The molecule has 0 radical (unpaired) electrons. The third kappa shape index (κ3) is 2.87. The second-order valence-electron chi connectivity index (χ2n) is 4.93. The predicted octanol–water partition coefficient (Wildman–Crippen LogP) is 3.70. The molecule has 1 atom stereocenters. The highest BCUT2D eigenvalue weighted by Gasteiger charge is 2.15. The van der Waals surface area contributed by atoms with Gasteiger partial charge in [0.2, 0.25) is 0 Å². The van der Waals surface area contributed by atoms with Gasteiger partial charge in [-0.05, 0) is 50.5 Å². The Labute approximate surface area is 113 Å². The Morgan fingerprint density at radius 1 is 1.16 bits per heavy atom. The number of aryl methyl sites for hydroxylation is 3. The molecule has 0 spiro atoms. The molecule has 3 heteroatoms. The summed E-state index contributed by atoms with van der Waals surface area (Å²) in [6, 6.07) is 7.91. The van der Waals surface area contributed by atoms with Crippen molar-refractivity contribution in [2.75, 3.05) is 0 Å². The van der Waals surface area contributed by atoms with Crippen LogP contribution in [0.1, 0.15) is 45.8 Å².